The molecule has 0 radical (unpaired) electrons. The Bertz CT molecular complexity index is 428. The topological polar surface area (TPSA) is 75.6 Å². The predicted molar refractivity (Wildman–Crippen MR) is 71.7 cm³/mol. The number of Topliss-reactive ketones (excluding diaryl/α,β-unsaturated/α-hetero) is 1. The zero-order valence-electron chi connectivity index (χ0n) is 11.2. The molecule has 0 aliphatic heterocycles. The average Bonchev–Trinajstić information content (AvgIpc) is 2.42. The van der Waals surface area contributed by atoms with Gasteiger partial charge in [-0.1, -0.05) is 6.92 Å². The number of ketones is 1. The second-order valence-electron chi connectivity index (χ2n) is 4.18. The maximum absolute atomic E-state index is 12.1. The molecule has 0 aliphatic rings. The first-order chi connectivity index (χ1) is 9.08. The van der Waals surface area contributed by atoms with E-state index in [2.05, 4.69) is 5.32 Å². The Balaban J connectivity index is 2.73. The van der Waals surface area contributed by atoms with Gasteiger partial charge >= 0.3 is 5.97 Å². The van der Waals surface area contributed by atoms with Gasteiger partial charge in [-0.25, -0.2) is 0 Å². The summed E-state index contributed by atoms with van der Waals surface area (Å²) in [6.45, 7) is 2.65. The van der Waals surface area contributed by atoms with Gasteiger partial charge in [0, 0.05) is 5.56 Å². The number of hydrogen-bond acceptors (Lipinski definition) is 4. The van der Waals surface area contributed by atoms with Gasteiger partial charge in [0.2, 0.25) is 0 Å². The molecule has 0 aromatic heterocycles. The molecule has 0 saturated heterocycles. The third-order valence-corrected chi connectivity index (χ3v) is 2.66. The van der Waals surface area contributed by atoms with E-state index in [1.807, 2.05) is 6.92 Å². The van der Waals surface area contributed by atoms with Crippen LogP contribution >= 0.6 is 0 Å². The van der Waals surface area contributed by atoms with Gasteiger partial charge in [0.15, 0.2) is 5.78 Å². The summed E-state index contributed by atoms with van der Waals surface area (Å²) in [6.07, 6.45) is 0.685. The van der Waals surface area contributed by atoms with Gasteiger partial charge in [-0.2, -0.15) is 0 Å². The molecule has 1 aromatic rings. The molecule has 5 nitrogen and oxygen atoms in total. The standard InChI is InChI=1S/C14H19NO4/c1-3-8-19-11-6-4-10(5-7-11)14(18)12(15-2)9-13(16)17/h4-7,12,15H,3,8-9H2,1-2H3,(H,16,17). The summed E-state index contributed by atoms with van der Waals surface area (Å²) in [5.41, 5.74) is 0.476. The Morgan fingerprint density at radius 3 is 2.42 bits per heavy atom. The van der Waals surface area contributed by atoms with Gasteiger partial charge in [0.05, 0.1) is 19.1 Å². The molecule has 0 spiro atoms. The Kier molecular flexibility index (Phi) is 6.02. The summed E-state index contributed by atoms with van der Waals surface area (Å²) in [5, 5.41) is 11.5. The van der Waals surface area contributed by atoms with E-state index in [0.717, 1.165) is 6.42 Å². The van der Waals surface area contributed by atoms with Gasteiger partial charge in [-0.05, 0) is 37.7 Å². The minimum absolute atomic E-state index is 0.230. The summed E-state index contributed by atoms with van der Waals surface area (Å²) in [7, 11) is 1.57. The number of rotatable bonds is 8. The summed E-state index contributed by atoms with van der Waals surface area (Å²) in [6, 6.07) is 6.03. The average molecular weight is 265 g/mol. The predicted octanol–water partition coefficient (Wildman–Crippen LogP) is 1.72. The van der Waals surface area contributed by atoms with Crippen LogP contribution in [0.3, 0.4) is 0 Å². The minimum Gasteiger partial charge on any atom is -0.494 e. The third kappa shape index (κ3) is 4.71. The van der Waals surface area contributed by atoms with Crippen LogP contribution in [0.15, 0.2) is 24.3 Å². The molecule has 1 unspecified atom stereocenters. The summed E-state index contributed by atoms with van der Waals surface area (Å²) in [4.78, 5) is 22.7. The van der Waals surface area contributed by atoms with E-state index in [-0.39, 0.29) is 12.2 Å². The molecule has 0 bridgehead atoms. The van der Waals surface area contributed by atoms with E-state index in [1.165, 1.54) is 0 Å². The maximum Gasteiger partial charge on any atom is 0.305 e. The number of carboxylic acid groups (broad SMARTS) is 1. The van der Waals surface area contributed by atoms with E-state index in [4.69, 9.17) is 9.84 Å². The fraction of sp³-hybridized carbons (Fsp3) is 0.429. The number of carbonyl (C=O) groups excluding carboxylic acids is 1. The van der Waals surface area contributed by atoms with Crippen molar-refractivity contribution in [2.75, 3.05) is 13.7 Å². The lowest BCUT2D eigenvalue weighted by Crippen LogP contribution is -2.36. The van der Waals surface area contributed by atoms with E-state index in [9.17, 15) is 9.59 Å². The van der Waals surface area contributed by atoms with Crippen LogP contribution in [0, 0.1) is 0 Å². The maximum atomic E-state index is 12.1. The van der Waals surface area contributed by atoms with Crippen molar-refractivity contribution in [1.82, 2.24) is 5.32 Å². The highest BCUT2D eigenvalue weighted by atomic mass is 16.5. The van der Waals surface area contributed by atoms with Crippen LogP contribution in [0.25, 0.3) is 0 Å². The lowest BCUT2D eigenvalue weighted by atomic mass is 10.0. The van der Waals surface area contributed by atoms with Crippen molar-refractivity contribution in [2.45, 2.75) is 25.8 Å². The smallest absolute Gasteiger partial charge is 0.305 e. The molecule has 1 rings (SSSR count). The van der Waals surface area contributed by atoms with Crippen molar-refractivity contribution in [1.29, 1.82) is 0 Å². The van der Waals surface area contributed by atoms with Crippen molar-refractivity contribution >= 4 is 11.8 Å². The molecular formula is C14H19NO4. The fourth-order valence-electron chi connectivity index (χ4n) is 1.64. The van der Waals surface area contributed by atoms with Crippen LogP contribution in [0.2, 0.25) is 0 Å². The second-order valence-corrected chi connectivity index (χ2v) is 4.18. The van der Waals surface area contributed by atoms with E-state index >= 15 is 0 Å². The highest BCUT2D eigenvalue weighted by Crippen LogP contribution is 2.14. The number of aliphatic carboxylic acids is 1. The minimum atomic E-state index is -1.00. The van der Waals surface area contributed by atoms with Crippen LogP contribution < -0.4 is 10.1 Å². The van der Waals surface area contributed by atoms with Gasteiger partial charge < -0.3 is 15.2 Å². The fourth-order valence-corrected chi connectivity index (χ4v) is 1.64. The largest absolute Gasteiger partial charge is 0.494 e. The Morgan fingerprint density at radius 1 is 1.32 bits per heavy atom. The monoisotopic (exact) mass is 265 g/mol. The molecule has 0 fully saturated rings. The molecule has 104 valence electrons. The summed E-state index contributed by atoms with van der Waals surface area (Å²) >= 11 is 0. The summed E-state index contributed by atoms with van der Waals surface area (Å²) < 4.78 is 5.42. The lowest BCUT2D eigenvalue weighted by molar-refractivity contribution is -0.137. The molecule has 0 heterocycles. The van der Waals surface area contributed by atoms with Crippen LogP contribution in [0.4, 0.5) is 0 Å². The number of likely N-dealkylation sites (N-methyl/N-ethyl adjacent to an activating group) is 1. The number of ether oxygens (including phenoxy) is 1. The lowest BCUT2D eigenvalue weighted by Gasteiger charge is -2.13. The zero-order valence-corrected chi connectivity index (χ0v) is 11.2. The van der Waals surface area contributed by atoms with Gasteiger partial charge in [-0.15, -0.1) is 0 Å². The van der Waals surface area contributed by atoms with E-state index in [0.29, 0.717) is 17.9 Å². The second kappa shape index (κ2) is 7.53. The Morgan fingerprint density at radius 2 is 1.95 bits per heavy atom. The van der Waals surface area contributed by atoms with Crippen molar-refractivity contribution in [2.24, 2.45) is 0 Å². The molecule has 0 saturated carbocycles. The molecule has 19 heavy (non-hydrogen) atoms. The van der Waals surface area contributed by atoms with E-state index in [1.54, 1.807) is 31.3 Å². The molecule has 0 amide bonds. The first-order valence-corrected chi connectivity index (χ1v) is 6.24. The molecular weight excluding hydrogens is 246 g/mol. The highest BCUT2D eigenvalue weighted by molar-refractivity contribution is 6.01. The van der Waals surface area contributed by atoms with Gasteiger partial charge in [0.25, 0.3) is 0 Å². The van der Waals surface area contributed by atoms with E-state index < -0.39 is 12.0 Å². The van der Waals surface area contributed by atoms with Crippen LogP contribution in [0.1, 0.15) is 30.1 Å². The van der Waals surface area contributed by atoms with Crippen LogP contribution in [0.5, 0.6) is 5.75 Å². The number of carboxylic acids is 1. The quantitative estimate of drug-likeness (QED) is 0.700. The Hall–Kier alpha value is -1.88. The number of nitrogens with one attached hydrogen (secondary N) is 1. The third-order valence-electron chi connectivity index (χ3n) is 2.66. The SMILES string of the molecule is CCCOc1ccc(C(=O)C(CC(=O)O)NC)cc1. The molecule has 1 aromatic carbocycles. The van der Waals surface area contributed by atoms with Crippen molar-refractivity contribution in [3.63, 3.8) is 0 Å². The molecule has 2 N–H and O–H groups in total. The number of hydrogen-bond donors (Lipinski definition) is 2. The van der Waals surface area contributed by atoms with Gasteiger partial charge in [-0.3, -0.25) is 9.59 Å². The normalized spacial score (nSPS) is 11.9. The number of carbonyl (C=O) groups is 2. The van der Waals surface area contributed by atoms with Crippen LogP contribution in [-0.4, -0.2) is 36.6 Å². The Labute approximate surface area is 112 Å². The molecule has 1 atom stereocenters. The molecule has 5 heteroatoms. The first-order valence-electron chi connectivity index (χ1n) is 6.24. The van der Waals surface area contributed by atoms with Gasteiger partial charge in [0.1, 0.15) is 5.75 Å². The number of benzene rings is 1. The molecule has 0 aliphatic carbocycles. The van der Waals surface area contributed by atoms with Crippen LogP contribution in [-0.2, 0) is 4.79 Å². The van der Waals surface area contributed by atoms with Crippen molar-refractivity contribution in [3.8, 4) is 5.75 Å². The first kappa shape index (κ1) is 15.2. The zero-order chi connectivity index (χ0) is 14.3. The highest BCUT2D eigenvalue weighted by Gasteiger charge is 2.21. The van der Waals surface area contributed by atoms with Crippen molar-refractivity contribution in [3.05, 3.63) is 29.8 Å². The summed E-state index contributed by atoms with van der Waals surface area (Å²) in [5.74, 6) is -0.528. The van der Waals surface area contributed by atoms with Crippen molar-refractivity contribution < 1.29 is 19.4 Å².